The molecule has 0 bridgehead atoms. The number of rotatable bonds is 3. The van der Waals surface area contributed by atoms with Crippen LogP contribution in [0.1, 0.15) is 18.6 Å². The molecular formula is C10H8ClNO6. The molecule has 7 nitrogen and oxygen atoms in total. The molecule has 0 N–H and O–H groups in total. The summed E-state index contributed by atoms with van der Waals surface area (Å²) in [4.78, 5) is 20.4. The molecule has 8 heteroatoms. The molecule has 0 saturated carbocycles. The molecule has 1 aliphatic rings. The molecular weight excluding hydrogens is 266 g/mol. The first-order chi connectivity index (χ1) is 8.47. The molecule has 0 amide bonds. The van der Waals surface area contributed by atoms with Gasteiger partial charge >= 0.3 is 11.8 Å². The van der Waals surface area contributed by atoms with Crippen LogP contribution < -0.4 is 9.47 Å². The largest absolute Gasteiger partial charge is 0.517 e. The van der Waals surface area contributed by atoms with E-state index in [0.717, 1.165) is 0 Å². The lowest BCUT2D eigenvalue weighted by Crippen LogP contribution is -2.27. The van der Waals surface area contributed by atoms with E-state index in [4.69, 9.17) is 25.8 Å². The number of hydrogen-bond acceptors (Lipinski definition) is 6. The van der Waals surface area contributed by atoms with E-state index < -0.39 is 22.9 Å². The third kappa shape index (κ3) is 2.45. The Morgan fingerprint density at radius 2 is 2.17 bits per heavy atom. The molecule has 0 fully saturated rings. The van der Waals surface area contributed by atoms with Gasteiger partial charge in [0.05, 0.1) is 0 Å². The lowest BCUT2D eigenvalue weighted by molar-refractivity contribution is -0.600. The summed E-state index contributed by atoms with van der Waals surface area (Å²) in [6.07, 6.45) is -2.13. The van der Waals surface area contributed by atoms with Crippen molar-refractivity contribution in [3.8, 4) is 11.5 Å². The van der Waals surface area contributed by atoms with Gasteiger partial charge in [-0.05, 0) is 24.6 Å². The normalized spacial score (nSPS) is 18.2. The van der Waals surface area contributed by atoms with Crippen LogP contribution in [0.25, 0.3) is 0 Å². The quantitative estimate of drug-likeness (QED) is 0.477. The Morgan fingerprint density at radius 1 is 1.50 bits per heavy atom. The van der Waals surface area contributed by atoms with E-state index in [-0.39, 0.29) is 11.5 Å². The maximum absolute atomic E-state index is 10.6. The summed E-state index contributed by atoms with van der Waals surface area (Å²) in [6, 6.07) is 4.62. The molecule has 1 aliphatic heterocycles. The summed E-state index contributed by atoms with van der Waals surface area (Å²) >= 11 is 5.10. The molecule has 2 unspecified atom stereocenters. The van der Waals surface area contributed by atoms with Gasteiger partial charge < -0.3 is 14.2 Å². The fourth-order valence-electron chi connectivity index (χ4n) is 1.50. The summed E-state index contributed by atoms with van der Waals surface area (Å²) in [5.74, 6) is 0.497. The van der Waals surface area contributed by atoms with Crippen molar-refractivity contribution in [2.75, 3.05) is 0 Å². The van der Waals surface area contributed by atoms with E-state index in [9.17, 15) is 14.9 Å². The Kier molecular flexibility index (Phi) is 3.24. The van der Waals surface area contributed by atoms with Gasteiger partial charge in [0.1, 0.15) is 11.0 Å². The number of fused-ring (bicyclic) bond motifs is 1. The highest BCUT2D eigenvalue weighted by molar-refractivity contribution is 6.61. The molecule has 1 aromatic rings. The second-order valence-corrected chi connectivity index (χ2v) is 3.84. The zero-order chi connectivity index (χ0) is 13.3. The number of carbonyl (C=O) groups is 1. The Morgan fingerprint density at radius 3 is 2.78 bits per heavy atom. The van der Waals surface area contributed by atoms with E-state index >= 15 is 0 Å². The molecule has 96 valence electrons. The highest BCUT2D eigenvalue weighted by atomic mass is 35.5. The zero-order valence-corrected chi connectivity index (χ0v) is 9.92. The van der Waals surface area contributed by atoms with Crippen LogP contribution in [-0.4, -0.2) is 16.8 Å². The molecule has 0 spiro atoms. The predicted molar refractivity (Wildman–Crippen MR) is 59.2 cm³/mol. The average Bonchev–Trinajstić information content (AvgIpc) is 2.70. The SMILES string of the molecule is CC(OC(=O)Cl)c1ccc2c(c1)OC([N+](=O)[O-])O2. The minimum absolute atomic E-state index is 0.228. The molecule has 0 aromatic heterocycles. The van der Waals surface area contributed by atoms with Crippen molar-refractivity contribution in [3.63, 3.8) is 0 Å². The maximum atomic E-state index is 10.6. The summed E-state index contributed by atoms with van der Waals surface area (Å²) < 4.78 is 14.7. The van der Waals surface area contributed by atoms with E-state index in [1.807, 2.05) is 0 Å². The van der Waals surface area contributed by atoms with E-state index in [2.05, 4.69) is 0 Å². The molecule has 2 rings (SSSR count). The van der Waals surface area contributed by atoms with E-state index in [1.165, 1.54) is 12.1 Å². The first-order valence-electron chi connectivity index (χ1n) is 4.94. The van der Waals surface area contributed by atoms with Gasteiger partial charge in [-0.3, -0.25) is 10.1 Å². The van der Waals surface area contributed by atoms with Crippen molar-refractivity contribution in [2.24, 2.45) is 0 Å². The van der Waals surface area contributed by atoms with Crippen molar-refractivity contribution in [3.05, 3.63) is 33.9 Å². The van der Waals surface area contributed by atoms with Crippen LogP contribution in [0.3, 0.4) is 0 Å². The minimum atomic E-state index is -1.54. The first-order valence-corrected chi connectivity index (χ1v) is 5.32. The monoisotopic (exact) mass is 273 g/mol. The van der Waals surface area contributed by atoms with Crippen molar-refractivity contribution in [1.29, 1.82) is 0 Å². The summed E-state index contributed by atoms with van der Waals surface area (Å²) in [5, 5.41) is 10.5. The van der Waals surface area contributed by atoms with Gasteiger partial charge in [0.25, 0.3) is 0 Å². The Hall–Kier alpha value is -2.02. The third-order valence-electron chi connectivity index (χ3n) is 2.33. The average molecular weight is 274 g/mol. The van der Waals surface area contributed by atoms with E-state index in [1.54, 1.807) is 13.0 Å². The lowest BCUT2D eigenvalue weighted by atomic mass is 10.1. The predicted octanol–water partition coefficient (Wildman–Crippen LogP) is 2.45. The van der Waals surface area contributed by atoms with Crippen LogP contribution >= 0.6 is 11.6 Å². The Labute approximate surface area is 106 Å². The fourth-order valence-corrected chi connectivity index (χ4v) is 1.63. The van der Waals surface area contributed by atoms with Crippen LogP contribution in [0, 0.1) is 10.1 Å². The number of benzene rings is 1. The Bertz CT molecular complexity index is 505. The van der Waals surface area contributed by atoms with Gasteiger partial charge in [-0.25, -0.2) is 4.79 Å². The van der Waals surface area contributed by atoms with Gasteiger partial charge in [0.2, 0.25) is 0 Å². The number of nitro groups is 1. The van der Waals surface area contributed by atoms with Crippen LogP contribution in [0.2, 0.25) is 0 Å². The van der Waals surface area contributed by atoms with Gasteiger partial charge in [-0.2, -0.15) is 0 Å². The topological polar surface area (TPSA) is 87.9 Å². The van der Waals surface area contributed by atoms with Gasteiger partial charge in [-0.15, -0.1) is 0 Å². The van der Waals surface area contributed by atoms with E-state index in [0.29, 0.717) is 5.56 Å². The molecule has 2 atom stereocenters. The van der Waals surface area contributed by atoms with Crippen LogP contribution in [0.15, 0.2) is 18.2 Å². The van der Waals surface area contributed by atoms with Crippen molar-refractivity contribution in [1.82, 2.24) is 0 Å². The fraction of sp³-hybridized carbons (Fsp3) is 0.300. The van der Waals surface area contributed by atoms with Gasteiger partial charge in [0, 0.05) is 11.6 Å². The third-order valence-corrected chi connectivity index (χ3v) is 2.42. The maximum Gasteiger partial charge on any atom is 0.517 e. The molecule has 0 saturated heterocycles. The molecule has 18 heavy (non-hydrogen) atoms. The van der Waals surface area contributed by atoms with Crippen molar-refractivity contribution >= 4 is 17.0 Å². The minimum Gasteiger partial charge on any atom is -0.446 e. The van der Waals surface area contributed by atoms with Gasteiger partial charge in [0.15, 0.2) is 11.5 Å². The molecule has 0 aliphatic carbocycles. The van der Waals surface area contributed by atoms with Crippen LogP contribution in [0.5, 0.6) is 11.5 Å². The lowest BCUT2D eigenvalue weighted by Gasteiger charge is -2.11. The van der Waals surface area contributed by atoms with Crippen LogP contribution in [0.4, 0.5) is 4.79 Å². The second kappa shape index (κ2) is 4.69. The smallest absolute Gasteiger partial charge is 0.446 e. The number of hydrogen-bond donors (Lipinski definition) is 0. The molecule has 1 heterocycles. The number of halogens is 1. The zero-order valence-electron chi connectivity index (χ0n) is 9.16. The molecule has 0 radical (unpaired) electrons. The van der Waals surface area contributed by atoms with Crippen molar-refractivity contribution in [2.45, 2.75) is 19.4 Å². The highest BCUT2D eigenvalue weighted by Crippen LogP contribution is 2.37. The van der Waals surface area contributed by atoms with Gasteiger partial charge in [-0.1, -0.05) is 6.07 Å². The number of nitrogens with zero attached hydrogens (tertiary/aromatic N) is 1. The number of carbonyl (C=O) groups excluding carboxylic acids is 1. The van der Waals surface area contributed by atoms with Crippen LogP contribution in [-0.2, 0) is 4.74 Å². The van der Waals surface area contributed by atoms with Crippen molar-refractivity contribution < 1.29 is 23.9 Å². The molecule has 1 aromatic carbocycles. The summed E-state index contributed by atoms with van der Waals surface area (Å²) in [7, 11) is 0. The standard InChI is InChI=1S/C10H8ClNO6/c1-5(16-9(11)13)6-2-3-7-8(4-6)18-10(17-7)12(14)15/h2-5,10H,1H3. The first kappa shape index (κ1) is 12.4. The second-order valence-electron chi connectivity index (χ2n) is 3.53. The number of ether oxygens (including phenoxy) is 3. The highest BCUT2D eigenvalue weighted by Gasteiger charge is 2.33. The summed E-state index contributed by atoms with van der Waals surface area (Å²) in [5.41, 5.74) is -0.335. The summed E-state index contributed by atoms with van der Waals surface area (Å²) in [6.45, 7) is 1.61. The Balaban J connectivity index is 2.17.